The quantitative estimate of drug-likeness (QED) is 0.732. The lowest BCUT2D eigenvalue weighted by Crippen LogP contribution is -2.50. The fraction of sp³-hybridized carbons (Fsp3) is 0.600. The van der Waals surface area contributed by atoms with E-state index in [9.17, 15) is 4.79 Å². The highest BCUT2D eigenvalue weighted by Gasteiger charge is 2.23. The maximum atomic E-state index is 11.0. The average molecular weight is 210 g/mol. The van der Waals surface area contributed by atoms with E-state index in [1.165, 1.54) is 0 Å². The van der Waals surface area contributed by atoms with Crippen LogP contribution in [0.25, 0.3) is 0 Å². The van der Waals surface area contributed by atoms with Crippen LogP contribution < -0.4 is 11.1 Å². The Labute approximate surface area is 89.6 Å². The second kappa shape index (κ2) is 4.44. The molecule has 5 nitrogen and oxygen atoms in total. The van der Waals surface area contributed by atoms with Gasteiger partial charge in [0.25, 0.3) is 0 Å². The summed E-state index contributed by atoms with van der Waals surface area (Å²) in [5.74, 6) is -0.356. The molecule has 1 aromatic rings. The zero-order valence-electron chi connectivity index (χ0n) is 9.45. The number of rotatable bonds is 5. The highest BCUT2D eigenvalue weighted by molar-refractivity contribution is 5.83. The van der Waals surface area contributed by atoms with Crippen LogP contribution in [0.3, 0.4) is 0 Å². The summed E-state index contributed by atoms with van der Waals surface area (Å²) in [6.07, 6.45) is 3.73. The molecule has 0 unspecified atom stereocenters. The smallest absolute Gasteiger partial charge is 0.237 e. The summed E-state index contributed by atoms with van der Waals surface area (Å²) in [5.41, 5.74) is 5.60. The standard InChI is InChI=1S/C10H18N4O/c1-4-14-7-8(6-13-14)5-12-10(2,3)9(11)15/h6-7,12H,4-5H2,1-3H3,(H2,11,15). The number of hydrogen-bond donors (Lipinski definition) is 2. The zero-order valence-corrected chi connectivity index (χ0v) is 9.45. The number of amides is 1. The van der Waals surface area contributed by atoms with Gasteiger partial charge < -0.3 is 5.73 Å². The number of nitrogens with zero attached hydrogens (tertiary/aromatic N) is 2. The normalized spacial score (nSPS) is 11.7. The van der Waals surface area contributed by atoms with Crippen molar-refractivity contribution in [1.29, 1.82) is 0 Å². The van der Waals surface area contributed by atoms with Crippen molar-refractivity contribution in [3.8, 4) is 0 Å². The molecule has 1 amide bonds. The van der Waals surface area contributed by atoms with Gasteiger partial charge in [0.05, 0.1) is 11.7 Å². The van der Waals surface area contributed by atoms with Gasteiger partial charge in [-0.15, -0.1) is 0 Å². The molecule has 1 aromatic heterocycles. The first-order valence-corrected chi connectivity index (χ1v) is 5.02. The molecule has 84 valence electrons. The maximum absolute atomic E-state index is 11.0. The van der Waals surface area contributed by atoms with Crippen LogP contribution in [-0.4, -0.2) is 21.2 Å². The van der Waals surface area contributed by atoms with Crippen LogP contribution >= 0.6 is 0 Å². The van der Waals surface area contributed by atoms with Crippen molar-refractivity contribution in [3.63, 3.8) is 0 Å². The van der Waals surface area contributed by atoms with Gasteiger partial charge in [0, 0.05) is 24.8 Å². The van der Waals surface area contributed by atoms with Gasteiger partial charge in [-0.2, -0.15) is 5.10 Å². The average Bonchev–Trinajstić information content (AvgIpc) is 2.62. The summed E-state index contributed by atoms with van der Waals surface area (Å²) >= 11 is 0. The molecule has 0 atom stereocenters. The maximum Gasteiger partial charge on any atom is 0.237 e. The molecular weight excluding hydrogens is 192 g/mol. The predicted molar refractivity (Wildman–Crippen MR) is 58.0 cm³/mol. The molecule has 0 fully saturated rings. The third-order valence-electron chi connectivity index (χ3n) is 2.36. The van der Waals surface area contributed by atoms with E-state index < -0.39 is 5.54 Å². The number of carbonyl (C=O) groups excluding carboxylic acids is 1. The summed E-state index contributed by atoms with van der Waals surface area (Å²) in [5, 5.41) is 7.22. The van der Waals surface area contributed by atoms with Gasteiger partial charge in [-0.3, -0.25) is 14.8 Å². The number of aromatic nitrogens is 2. The molecule has 0 aliphatic carbocycles. The SMILES string of the molecule is CCn1cc(CNC(C)(C)C(N)=O)cn1. The van der Waals surface area contributed by atoms with Crippen molar-refractivity contribution in [1.82, 2.24) is 15.1 Å². The van der Waals surface area contributed by atoms with Gasteiger partial charge in [-0.25, -0.2) is 0 Å². The van der Waals surface area contributed by atoms with Crippen LogP contribution in [0.1, 0.15) is 26.3 Å². The second-order valence-corrected chi connectivity index (χ2v) is 4.05. The first-order valence-electron chi connectivity index (χ1n) is 5.02. The first kappa shape index (κ1) is 11.7. The summed E-state index contributed by atoms with van der Waals surface area (Å²) in [6, 6.07) is 0. The molecule has 5 heteroatoms. The Balaban J connectivity index is 2.53. The van der Waals surface area contributed by atoms with E-state index in [4.69, 9.17) is 5.73 Å². The van der Waals surface area contributed by atoms with E-state index >= 15 is 0 Å². The Morgan fingerprint density at radius 1 is 1.67 bits per heavy atom. The van der Waals surface area contributed by atoms with Crippen molar-refractivity contribution >= 4 is 5.91 Å². The van der Waals surface area contributed by atoms with E-state index in [1.54, 1.807) is 20.0 Å². The van der Waals surface area contributed by atoms with Crippen molar-refractivity contribution in [3.05, 3.63) is 18.0 Å². The fourth-order valence-electron chi connectivity index (χ4n) is 1.08. The van der Waals surface area contributed by atoms with E-state index in [2.05, 4.69) is 10.4 Å². The van der Waals surface area contributed by atoms with Crippen molar-refractivity contribution < 1.29 is 4.79 Å². The van der Waals surface area contributed by atoms with E-state index in [0.717, 1.165) is 12.1 Å². The van der Waals surface area contributed by atoms with Crippen LogP contribution in [0.4, 0.5) is 0 Å². The third kappa shape index (κ3) is 3.06. The lowest BCUT2D eigenvalue weighted by atomic mass is 10.1. The van der Waals surface area contributed by atoms with Gasteiger partial charge >= 0.3 is 0 Å². The molecule has 3 N–H and O–H groups in total. The van der Waals surface area contributed by atoms with E-state index in [1.807, 2.05) is 17.8 Å². The van der Waals surface area contributed by atoms with Crippen molar-refractivity contribution in [2.45, 2.75) is 39.4 Å². The predicted octanol–water partition coefficient (Wildman–Crippen LogP) is 0.257. The molecule has 0 radical (unpaired) electrons. The van der Waals surface area contributed by atoms with E-state index in [0.29, 0.717) is 6.54 Å². The topological polar surface area (TPSA) is 72.9 Å². The number of primary amides is 1. The summed E-state index contributed by atoms with van der Waals surface area (Å²) in [7, 11) is 0. The number of nitrogens with one attached hydrogen (secondary N) is 1. The Morgan fingerprint density at radius 2 is 2.33 bits per heavy atom. The molecule has 1 rings (SSSR count). The largest absolute Gasteiger partial charge is 0.368 e. The molecule has 0 aliphatic rings. The Morgan fingerprint density at radius 3 is 2.80 bits per heavy atom. The molecular formula is C10H18N4O. The fourth-order valence-corrected chi connectivity index (χ4v) is 1.08. The molecule has 1 heterocycles. The second-order valence-electron chi connectivity index (χ2n) is 4.05. The van der Waals surface area contributed by atoms with Gasteiger partial charge in [-0.05, 0) is 20.8 Å². The molecule has 0 spiro atoms. The lowest BCUT2D eigenvalue weighted by molar-refractivity contribution is -0.123. The third-order valence-corrected chi connectivity index (χ3v) is 2.36. The van der Waals surface area contributed by atoms with Crippen LogP contribution in [0.5, 0.6) is 0 Å². The Kier molecular flexibility index (Phi) is 3.47. The van der Waals surface area contributed by atoms with Crippen LogP contribution in [0.15, 0.2) is 12.4 Å². The molecule has 0 saturated heterocycles. The summed E-state index contributed by atoms with van der Waals surface area (Å²) in [4.78, 5) is 11.0. The zero-order chi connectivity index (χ0) is 11.5. The van der Waals surface area contributed by atoms with Crippen molar-refractivity contribution in [2.24, 2.45) is 5.73 Å². The number of aryl methyl sites for hydroxylation is 1. The monoisotopic (exact) mass is 210 g/mol. The molecule has 0 bridgehead atoms. The number of hydrogen-bond acceptors (Lipinski definition) is 3. The lowest BCUT2D eigenvalue weighted by Gasteiger charge is -2.21. The summed E-state index contributed by atoms with van der Waals surface area (Å²) in [6.45, 7) is 6.99. The number of carbonyl (C=O) groups is 1. The van der Waals surface area contributed by atoms with Gasteiger partial charge in [0.2, 0.25) is 5.91 Å². The van der Waals surface area contributed by atoms with Gasteiger partial charge in [0.1, 0.15) is 0 Å². The molecule has 0 aliphatic heterocycles. The van der Waals surface area contributed by atoms with Crippen LogP contribution in [0.2, 0.25) is 0 Å². The van der Waals surface area contributed by atoms with Crippen molar-refractivity contribution in [2.75, 3.05) is 0 Å². The van der Waals surface area contributed by atoms with Crippen LogP contribution in [0, 0.1) is 0 Å². The summed E-state index contributed by atoms with van der Waals surface area (Å²) < 4.78 is 1.84. The van der Waals surface area contributed by atoms with Gasteiger partial charge in [-0.1, -0.05) is 0 Å². The van der Waals surface area contributed by atoms with Crippen LogP contribution in [-0.2, 0) is 17.9 Å². The molecule has 0 saturated carbocycles. The minimum Gasteiger partial charge on any atom is -0.368 e. The highest BCUT2D eigenvalue weighted by atomic mass is 16.1. The van der Waals surface area contributed by atoms with E-state index in [-0.39, 0.29) is 5.91 Å². The molecule has 0 aromatic carbocycles. The van der Waals surface area contributed by atoms with Gasteiger partial charge in [0.15, 0.2) is 0 Å². The minimum absolute atomic E-state index is 0.356. The first-order chi connectivity index (χ1) is 6.95. The highest BCUT2D eigenvalue weighted by Crippen LogP contribution is 2.04. The minimum atomic E-state index is -0.686. The Hall–Kier alpha value is -1.36. The number of nitrogens with two attached hydrogens (primary N) is 1. The molecule has 15 heavy (non-hydrogen) atoms. The Bertz CT molecular complexity index is 343.